The van der Waals surface area contributed by atoms with Gasteiger partial charge < -0.3 is 5.32 Å². The Morgan fingerprint density at radius 1 is 0.893 bits per heavy atom. The van der Waals surface area contributed by atoms with E-state index >= 15 is 0 Å². The Balaban J connectivity index is 1.82. The van der Waals surface area contributed by atoms with E-state index in [4.69, 9.17) is 16.6 Å². The topological polar surface area (TPSA) is 42.0 Å². The van der Waals surface area contributed by atoms with Crippen LogP contribution in [0.4, 0.5) is 5.69 Å². The number of aromatic nitrogens is 1. The molecule has 4 rings (SSSR count). The number of carbonyl (C=O) groups excluding carboxylic acids is 1. The van der Waals surface area contributed by atoms with Gasteiger partial charge in [-0.2, -0.15) is 0 Å². The quantitative estimate of drug-likeness (QED) is 0.441. The van der Waals surface area contributed by atoms with Crippen LogP contribution in [0.5, 0.6) is 0 Å². The molecule has 3 aromatic carbocycles. The fraction of sp³-hybridized carbons (Fsp3) is 0.0833. The Morgan fingerprint density at radius 2 is 1.64 bits per heavy atom. The van der Waals surface area contributed by atoms with Crippen LogP contribution in [0.3, 0.4) is 0 Å². The number of nitrogens with one attached hydrogen (secondary N) is 1. The maximum Gasteiger partial charge on any atom is 0.256 e. The van der Waals surface area contributed by atoms with Gasteiger partial charge in [0.25, 0.3) is 5.91 Å². The van der Waals surface area contributed by atoms with Crippen molar-refractivity contribution in [3.05, 3.63) is 94.5 Å². The summed E-state index contributed by atoms with van der Waals surface area (Å²) >= 11 is 6.36. The number of hydrogen-bond acceptors (Lipinski definition) is 2. The van der Waals surface area contributed by atoms with Crippen LogP contribution in [0.25, 0.3) is 22.2 Å². The molecule has 0 atom stereocenters. The highest BCUT2D eigenvalue weighted by Crippen LogP contribution is 2.30. The zero-order chi connectivity index (χ0) is 19.7. The molecule has 0 radical (unpaired) electrons. The molecule has 1 aromatic heterocycles. The van der Waals surface area contributed by atoms with Crippen molar-refractivity contribution < 1.29 is 4.79 Å². The molecule has 0 aliphatic heterocycles. The first kappa shape index (κ1) is 18.2. The van der Waals surface area contributed by atoms with Crippen LogP contribution in [-0.2, 0) is 0 Å². The molecule has 28 heavy (non-hydrogen) atoms. The predicted molar refractivity (Wildman–Crippen MR) is 116 cm³/mol. The molecule has 0 saturated heterocycles. The van der Waals surface area contributed by atoms with Gasteiger partial charge in [0, 0.05) is 21.7 Å². The van der Waals surface area contributed by atoms with Crippen molar-refractivity contribution in [1.82, 2.24) is 4.98 Å². The van der Waals surface area contributed by atoms with Crippen LogP contribution < -0.4 is 5.32 Å². The zero-order valence-electron chi connectivity index (χ0n) is 15.7. The largest absolute Gasteiger partial charge is 0.322 e. The molecule has 4 aromatic rings. The lowest BCUT2D eigenvalue weighted by atomic mass is 10.0. The second-order valence-corrected chi connectivity index (χ2v) is 7.21. The molecule has 1 heterocycles. The van der Waals surface area contributed by atoms with E-state index < -0.39 is 0 Å². The minimum Gasteiger partial charge on any atom is -0.322 e. The smallest absolute Gasteiger partial charge is 0.256 e. The lowest BCUT2D eigenvalue weighted by molar-refractivity contribution is 0.102. The summed E-state index contributed by atoms with van der Waals surface area (Å²) in [5.74, 6) is -0.171. The molecule has 4 heteroatoms. The third-order valence-electron chi connectivity index (χ3n) is 4.88. The van der Waals surface area contributed by atoms with E-state index in [9.17, 15) is 4.79 Å². The molecule has 0 aliphatic rings. The van der Waals surface area contributed by atoms with Gasteiger partial charge in [0.2, 0.25) is 0 Å². The molecule has 0 fully saturated rings. The van der Waals surface area contributed by atoms with Gasteiger partial charge in [-0.15, -0.1) is 0 Å². The van der Waals surface area contributed by atoms with Gasteiger partial charge in [-0.25, -0.2) is 4.98 Å². The Kier molecular flexibility index (Phi) is 4.84. The average molecular weight is 387 g/mol. The van der Waals surface area contributed by atoms with Crippen LogP contribution in [0.2, 0.25) is 5.02 Å². The fourth-order valence-electron chi connectivity index (χ4n) is 3.19. The summed E-state index contributed by atoms with van der Waals surface area (Å²) < 4.78 is 0. The lowest BCUT2D eigenvalue weighted by Gasteiger charge is -2.12. The van der Waals surface area contributed by atoms with E-state index in [0.717, 1.165) is 27.7 Å². The minimum atomic E-state index is -0.171. The van der Waals surface area contributed by atoms with Gasteiger partial charge in [-0.05, 0) is 55.3 Å². The summed E-state index contributed by atoms with van der Waals surface area (Å²) in [5.41, 5.74) is 5.89. The third-order valence-corrected chi connectivity index (χ3v) is 5.20. The van der Waals surface area contributed by atoms with Crippen LogP contribution >= 0.6 is 11.6 Å². The Morgan fingerprint density at radius 3 is 2.43 bits per heavy atom. The van der Waals surface area contributed by atoms with Gasteiger partial charge in [0.15, 0.2) is 0 Å². The zero-order valence-corrected chi connectivity index (χ0v) is 16.4. The first-order valence-corrected chi connectivity index (χ1v) is 9.44. The number of amides is 1. The van der Waals surface area contributed by atoms with Gasteiger partial charge in [-0.1, -0.05) is 54.1 Å². The summed E-state index contributed by atoms with van der Waals surface area (Å²) in [5, 5.41) is 4.42. The Hall–Kier alpha value is -3.17. The molecule has 1 amide bonds. The van der Waals surface area contributed by atoms with Crippen molar-refractivity contribution >= 4 is 34.1 Å². The standard InChI is InChI=1S/C24H19ClN2O/c1-15-11-12-17(13-16(15)2)26-24(28)20-14-23(19-8-3-5-9-21(19)25)27-22-10-6-4-7-18(20)22/h3-14H,1-2H3,(H,26,28). The maximum absolute atomic E-state index is 13.1. The molecule has 0 saturated carbocycles. The van der Waals surface area contributed by atoms with E-state index in [2.05, 4.69) is 5.32 Å². The van der Waals surface area contributed by atoms with Crippen molar-refractivity contribution in [3.8, 4) is 11.3 Å². The Bertz CT molecular complexity index is 1200. The number of halogens is 1. The monoisotopic (exact) mass is 386 g/mol. The molecule has 138 valence electrons. The number of aryl methyl sites for hydroxylation is 2. The Labute approximate surface area is 169 Å². The molecule has 0 aliphatic carbocycles. The average Bonchev–Trinajstić information content (AvgIpc) is 2.70. The molecule has 1 N–H and O–H groups in total. The number of rotatable bonds is 3. The van der Waals surface area contributed by atoms with E-state index in [0.29, 0.717) is 16.3 Å². The molecule has 0 unspecified atom stereocenters. The highest BCUT2D eigenvalue weighted by Gasteiger charge is 2.15. The van der Waals surface area contributed by atoms with E-state index in [1.54, 1.807) is 6.07 Å². The highest BCUT2D eigenvalue weighted by atomic mass is 35.5. The summed E-state index contributed by atoms with van der Waals surface area (Å²) in [6.45, 7) is 4.08. The number of hydrogen-bond donors (Lipinski definition) is 1. The van der Waals surface area contributed by atoms with Gasteiger partial charge in [0.05, 0.1) is 16.8 Å². The number of benzene rings is 3. The third kappa shape index (κ3) is 3.49. The minimum absolute atomic E-state index is 0.171. The SMILES string of the molecule is Cc1ccc(NC(=O)c2cc(-c3ccccc3Cl)nc3ccccc23)cc1C. The molecule has 0 bridgehead atoms. The second-order valence-electron chi connectivity index (χ2n) is 6.81. The van der Waals surface area contributed by atoms with E-state index in [1.165, 1.54) is 5.56 Å². The maximum atomic E-state index is 13.1. The molecular formula is C24H19ClN2O. The second kappa shape index (κ2) is 7.45. The number of nitrogens with zero attached hydrogens (tertiary/aromatic N) is 1. The van der Waals surface area contributed by atoms with Gasteiger partial charge >= 0.3 is 0 Å². The van der Waals surface area contributed by atoms with Gasteiger partial charge in [-0.3, -0.25) is 4.79 Å². The summed E-state index contributed by atoms with van der Waals surface area (Å²) in [6, 6.07) is 22.9. The number of fused-ring (bicyclic) bond motifs is 1. The van der Waals surface area contributed by atoms with Crippen LogP contribution in [-0.4, -0.2) is 10.9 Å². The predicted octanol–water partition coefficient (Wildman–Crippen LogP) is 6.42. The summed E-state index contributed by atoms with van der Waals surface area (Å²) in [6.07, 6.45) is 0. The van der Waals surface area contributed by atoms with E-state index in [-0.39, 0.29) is 5.91 Å². The van der Waals surface area contributed by atoms with E-state index in [1.807, 2.05) is 80.6 Å². The number of para-hydroxylation sites is 1. The normalized spacial score (nSPS) is 10.8. The van der Waals surface area contributed by atoms with Crippen molar-refractivity contribution in [2.45, 2.75) is 13.8 Å². The summed E-state index contributed by atoms with van der Waals surface area (Å²) in [7, 11) is 0. The first-order valence-electron chi connectivity index (χ1n) is 9.06. The van der Waals surface area contributed by atoms with Crippen molar-refractivity contribution in [2.75, 3.05) is 5.32 Å². The number of carbonyl (C=O) groups is 1. The van der Waals surface area contributed by atoms with Gasteiger partial charge in [0.1, 0.15) is 0 Å². The van der Waals surface area contributed by atoms with Crippen LogP contribution in [0.15, 0.2) is 72.8 Å². The first-order chi connectivity index (χ1) is 13.5. The summed E-state index contributed by atoms with van der Waals surface area (Å²) in [4.78, 5) is 17.8. The highest BCUT2D eigenvalue weighted by molar-refractivity contribution is 6.33. The van der Waals surface area contributed by atoms with Crippen molar-refractivity contribution in [3.63, 3.8) is 0 Å². The molecule has 3 nitrogen and oxygen atoms in total. The number of anilines is 1. The molecule has 0 spiro atoms. The van der Waals surface area contributed by atoms with Crippen molar-refractivity contribution in [2.24, 2.45) is 0 Å². The van der Waals surface area contributed by atoms with Crippen LogP contribution in [0, 0.1) is 13.8 Å². The number of pyridine rings is 1. The van der Waals surface area contributed by atoms with Crippen LogP contribution in [0.1, 0.15) is 21.5 Å². The van der Waals surface area contributed by atoms with Crippen molar-refractivity contribution in [1.29, 1.82) is 0 Å². The fourth-order valence-corrected chi connectivity index (χ4v) is 3.42. The molecular weight excluding hydrogens is 368 g/mol. The lowest BCUT2D eigenvalue weighted by Crippen LogP contribution is -2.13.